The molecule has 4 aromatic rings. The smallest absolute Gasteiger partial charge is 0.269 e. The largest absolute Gasteiger partial charge is 0.508 e. The van der Waals surface area contributed by atoms with Crippen LogP contribution in [-0.4, -0.2) is 20.1 Å². The second kappa shape index (κ2) is 7.16. The van der Waals surface area contributed by atoms with E-state index in [0.29, 0.717) is 33.4 Å². The van der Waals surface area contributed by atoms with Crippen LogP contribution in [0.1, 0.15) is 22.3 Å². The van der Waals surface area contributed by atoms with E-state index in [1.165, 1.54) is 48.5 Å². The lowest BCUT2D eigenvalue weighted by Gasteiger charge is -2.33. The number of phenolic OH excluding ortho intramolecular Hbond substituents is 2. The summed E-state index contributed by atoms with van der Waals surface area (Å²) in [7, 11) is 0. The van der Waals surface area contributed by atoms with E-state index < -0.39 is 15.3 Å². The van der Waals surface area contributed by atoms with Crippen molar-refractivity contribution < 1.29 is 20.1 Å². The number of aromatic hydroxyl groups is 2. The maximum absolute atomic E-state index is 11.6. The summed E-state index contributed by atoms with van der Waals surface area (Å²) in [5.41, 5.74) is 2.55. The molecule has 33 heavy (non-hydrogen) atoms. The average molecular weight is 440 g/mol. The summed E-state index contributed by atoms with van der Waals surface area (Å²) in [4.78, 5) is 22.3. The van der Waals surface area contributed by atoms with E-state index in [0.717, 1.165) is 0 Å². The van der Waals surface area contributed by atoms with Crippen LogP contribution in [0.3, 0.4) is 0 Å². The predicted molar refractivity (Wildman–Crippen MR) is 120 cm³/mol. The molecule has 4 aromatic carbocycles. The van der Waals surface area contributed by atoms with Crippen molar-refractivity contribution in [3.05, 3.63) is 127 Å². The van der Waals surface area contributed by atoms with E-state index in [1.807, 2.05) is 0 Å². The molecular weight excluding hydrogens is 424 g/mol. The molecule has 0 amide bonds. The fraction of sp³-hybridized carbons (Fsp3) is 0.0400. The van der Waals surface area contributed by atoms with Gasteiger partial charge in [0.05, 0.1) is 15.3 Å². The molecule has 0 unspecified atom stereocenters. The number of nitro groups is 2. The maximum Gasteiger partial charge on any atom is 0.269 e. The Hall–Kier alpha value is -4.72. The summed E-state index contributed by atoms with van der Waals surface area (Å²) >= 11 is 0. The van der Waals surface area contributed by atoms with Crippen LogP contribution in [0.5, 0.6) is 11.5 Å². The van der Waals surface area contributed by atoms with Gasteiger partial charge in [-0.3, -0.25) is 20.2 Å². The van der Waals surface area contributed by atoms with Crippen LogP contribution in [-0.2, 0) is 5.41 Å². The Kier molecular flexibility index (Phi) is 4.39. The number of benzene rings is 4. The summed E-state index contributed by atoms with van der Waals surface area (Å²) < 4.78 is 0. The number of fused-ring (bicyclic) bond motifs is 3. The standard InChI is InChI=1S/C25H16N2O6/c28-19-7-1-15(2-8-19)25(16-3-9-20(29)10-4-16)23-13-17(26(30)31)5-11-21(23)22-12-6-18(27(32)33)14-24(22)25/h1-14,28-29H. The first kappa shape index (κ1) is 20.2. The molecule has 1 aliphatic rings. The highest BCUT2D eigenvalue weighted by Crippen LogP contribution is 2.57. The number of hydrogen-bond donors (Lipinski definition) is 2. The van der Waals surface area contributed by atoms with Crippen molar-refractivity contribution in [3.63, 3.8) is 0 Å². The number of phenols is 2. The molecule has 0 radical (unpaired) electrons. The zero-order valence-corrected chi connectivity index (χ0v) is 17.0. The highest BCUT2D eigenvalue weighted by atomic mass is 16.6. The van der Waals surface area contributed by atoms with E-state index in [1.54, 1.807) is 36.4 Å². The van der Waals surface area contributed by atoms with Crippen LogP contribution in [0, 0.1) is 20.2 Å². The molecule has 0 atom stereocenters. The summed E-state index contributed by atoms with van der Waals surface area (Å²) in [6.07, 6.45) is 0. The number of hydrogen-bond acceptors (Lipinski definition) is 6. The Morgan fingerprint density at radius 2 is 0.939 bits per heavy atom. The summed E-state index contributed by atoms with van der Waals surface area (Å²) in [6, 6.07) is 21.9. The minimum atomic E-state index is -1.15. The fourth-order valence-electron chi connectivity index (χ4n) is 4.74. The Morgan fingerprint density at radius 1 is 0.576 bits per heavy atom. The molecule has 8 nitrogen and oxygen atoms in total. The average Bonchev–Trinajstić information content (AvgIpc) is 3.10. The molecule has 5 rings (SSSR count). The van der Waals surface area contributed by atoms with E-state index in [9.17, 15) is 30.4 Å². The van der Waals surface area contributed by atoms with Crippen molar-refractivity contribution in [1.29, 1.82) is 0 Å². The summed E-state index contributed by atoms with van der Waals surface area (Å²) in [5.74, 6) is 0.0762. The monoisotopic (exact) mass is 440 g/mol. The van der Waals surface area contributed by atoms with Gasteiger partial charge in [-0.05, 0) is 69.8 Å². The lowest BCUT2D eigenvalue weighted by Crippen LogP contribution is -2.28. The zero-order chi connectivity index (χ0) is 23.3. The lowest BCUT2D eigenvalue weighted by molar-refractivity contribution is -0.385. The van der Waals surface area contributed by atoms with E-state index in [2.05, 4.69) is 0 Å². The minimum Gasteiger partial charge on any atom is -0.508 e. The van der Waals surface area contributed by atoms with Gasteiger partial charge in [-0.15, -0.1) is 0 Å². The van der Waals surface area contributed by atoms with Crippen molar-refractivity contribution in [1.82, 2.24) is 0 Å². The summed E-state index contributed by atoms with van der Waals surface area (Å²) in [6.45, 7) is 0. The molecular formula is C25H16N2O6. The second-order valence-electron chi connectivity index (χ2n) is 7.82. The molecule has 0 bridgehead atoms. The SMILES string of the molecule is O=[N+]([O-])c1ccc2c(c1)C(c1ccc(O)cc1)(c1ccc(O)cc1)c1cc([N+](=O)[O-])ccc1-2. The van der Waals surface area contributed by atoms with Gasteiger partial charge in [0.15, 0.2) is 0 Å². The van der Waals surface area contributed by atoms with Crippen LogP contribution in [0.15, 0.2) is 84.9 Å². The van der Waals surface area contributed by atoms with Crippen molar-refractivity contribution in [3.8, 4) is 22.6 Å². The van der Waals surface area contributed by atoms with Crippen molar-refractivity contribution >= 4 is 11.4 Å². The number of rotatable bonds is 4. The Balaban J connectivity index is 1.97. The Bertz CT molecular complexity index is 1320. The van der Waals surface area contributed by atoms with Crippen LogP contribution in [0.2, 0.25) is 0 Å². The maximum atomic E-state index is 11.6. The van der Waals surface area contributed by atoms with Gasteiger partial charge in [0, 0.05) is 24.3 Å². The van der Waals surface area contributed by atoms with Gasteiger partial charge in [-0.25, -0.2) is 0 Å². The van der Waals surface area contributed by atoms with Crippen LogP contribution >= 0.6 is 0 Å². The topological polar surface area (TPSA) is 127 Å². The minimum absolute atomic E-state index is 0.0381. The molecule has 0 spiro atoms. The third-order valence-electron chi connectivity index (χ3n) is 6.13. The number of nitro benzene ring substituents is 2. The third kappa shape index (κ3) is 2.92. The van der Waals surface area contributed by atoms with Crippen molar-refractivity contribution in [2.24, 2.45) is 0 Å². The molecule has 162 valence electrons. The molecule has 0 heterocycles. The predicted octanol–water partition coefficient (Wildman–Crippen LogP) is 5.28. The molecule has 2 N–H and O–H groups in total. The van der Waals surface area contributed by atoms with Gasteiger partial charge >= 0.3 is 0 Å². The third-order valence-corrected chi connectivity index (χ3v) is 6.13. The normalized spacial score (nSPS) is 13.2. The molecule has 8 heteroatoms. The van der Waals surface area contributed by atoms with Crippen LogP contribution in [0.4, 0.5) is 11.4 Å². The highest BCUT2D eigenvalue weighted by molar-refractivity contribution is 5.88. The van der Waals surface area contributed by atoms with Gasteiger partial charge in [0.1, 0.15) is 11.5 Å². The van der Waals surface area contributed by atoms with Crippen molar-refractivity contribution in [2.45, 2.75) is 5.41 Å². The zero-order valence-electron chi connectivity index (χ0n) is 17.0. The highest BCUT2D eigenvalue weighted by Gasteiger charge is 2.47. The second-order valence-corrected chi connectivity index (χ2v) is 7.82. The van der Waals surface area contributed by atoms with Crippen LogP contribution in [0.25, 0.3) is 11.1 Å². The van der Waals surface area contributed by atoms with Crippen LogP contribution < -0.4 is 0 Å². The van der Waals surface area contributed by atoms with E-state index in [4.69, 9.17) is 0 Å². The fourth-order valence-corrected chi connectivity index (χ4v) is 4.74. The molecule has 0 fully saturated rings. The van der Waals surface area contributed by atoms with Gasteiger partial charge in [-0.1, -0.05) is 24.3 Å². The van der Waals surface area contributed by atoms with E-state index >= 15 is 0 Å². The van der Waals surface area contributed by atoms with Gasteiger partial charge in [0.2, 0.25) is 0 Å². The van der Waals surface area contributed by atoms with E-state index in [-0.39, 0.29) is 22.9 Å². The first-order valence-electron chi connectivity index (χ1n) is 9.99. The molecule has 0 saturated carbocycles. The molecule has 0 aliphatic heterocycles. The molecule has 0 saturated heterocycles. The Labute approximate surface area is 187 Å². The van der Waals surface area contributed by atoms with Gasteiger partial charge < -0.3 is 10.2 Å². The van der Waals surface area contributed by atoms with Gasteiger partial charge in [-0.2, -0.15) is 0 Å². The quantitative estimate of drug-likeness (QED) is 0.289. The first-order chi connectivity index (χ1) is 15.8. The number of non-ortho nitro benzene ring substituents is 2. The first-order valence-corrected chi connectivity index (χ1v) is 9.99. The Morgan fingerprint density at radius 3 is 1.27 bits per heavy atom. The molecule has 0 aromatic heterocycles. The lowest BCUT2D eigenvalue weighted by atomic mass is 9.67. The molecule has 1 aliphatic carbocycles. The summed E-state index contributed by atoms with van der Waals surface area (Å²) in [5, 5.41) is 43.1. The van der Waals surface area contributed by atoms with Gasteiger partial charge in [0.25, 0.3) is 11.4 Å². The number of nitrogens with zero attached hydrogens (tertiary/aromatic N) is 2. The van der Waals surface area contributed by atoms with Crippen molar-refractivity contribution in [2.75, 3.05) is 0 Å².